The standard InChI is InChI=1S/C15H24N2O2/c1-4-10-17(11-15(19)16-3)13(5-2)12-8-6-7-9-14(12)18/h6-9,13,18H,4-5,10-11H2,1-3H3,(H,16,19). The van der Waals surface area contributed by atoms with E-state index in [0.29, 0.717) is 12.3 Å². The number of aromatic hydroxyl groups is 1. The van der Waals surface area contributed by atoms with Gasteiger partial charge in [0.2, 0.25) is 5.91 Å². The van der Waals surface area contributed by atoms with Crippen LogP contribution in [-0.4, -0.2) is 36.1 Å². The molecule has 0 aliphatic heterocycles. The predicted molar refractivity (Wildman–Crippen MR) is 77.1 cm³/mol. The van der Waals surface area contributed by atoms with E-state index in [9.17, 15) is 9.90 Å². The van der Waals surface area contributed by atoms with E-state index < -0.39 is 0 Å². The summed E-state index contributed by atoms with van der Waals surface area (Å²) in [6.45, 7) is 5.36. The minimum Gasteiger partial charge on any atom is -0.508 e. The maximum atomic E-state index is 11.6. The third-order valence-electron chi connectivity index (χ3n) is 3.26. The molecule has 2 N–H and O–H groups in total. The second-order valence-electron chi connectivity index (χ2n) is 4.63. The summed E-state index contributed by atoms with van der Waals surface area (Å²) in [5, 5.41) is 12.6. The van der Waals surface area contributed by atoms with Crippen molar-refractivity contribution in [2.75, 3.05) is 20.1 Å². The number of nitrogens with one attached hydrogen (secondary N) is 1. The Morgan fingerprint density at radius 2 is 2.05 bits per heavy atom. The summed E-state index contributed by atoms with van der Waals surface area (Å²) in [5.74, 6) is 0.301. The van der Waals surface area contributed by atoms with Gasteiger partial charge in [-0.25, -0.2) is 0 Å². The molecule has 0 heterocycles. The Kier molecular flexibility index (Phi) is 6.36. The fourth-order valence-electron chi connectivity index (χ4n) is 2.34. The topological polar surface area (TPSA) is 52.6 Å². The number of carbonyl (C=O) groups excluding carboxylic acids is 1. The number of amides is 1. The number of phenols is 1. The number of carbonyl (C=O) groups is 1. The molecule has 1 atom stereocenters. The molecule has 1 rings (SSSR count). The van der Waals surface area contributed by atoms with Gasteiger partial charge < -0.3 is 10.4 Å². The minimum absolute atomic E-state index is 0.00215. The van der Waals surface area contributed by atoms with Crippen LogP contribution in [0.1, 0.15) is 38.3 Å². The Hall–Kier alpha value is -1.55. The molecule has 19 heavy (non-hydrogen) atoms. The molecule has 0 aromatic heterocycles. The first-order chi connectivity index (χ1) is 9.13. The van der Waals surface area contributed by atoms with Crippen LogP contribution in [-0.2, 0) is 4.79 Å². The average molecular weight is 264 g/mol. The van der Waals surface area contributed by atoms with Crippen molar-refractivity contribution in [3.05, 3.63) is 29.8 Å². The fraction of sp³-hybridized carbons (Fsp3) is 0.533. The van der Waals surface area contributed by atoms with Crippen LogP contribution in [0.15, 0.2) is 24.3 Å². The highest BCUT2D eigenvalue weighted by Crippen LogP contribution is 2.30. The maximum absolute atomic E-state index is 11.6. The lowest BCUT2D eigenvalue weighted by molar-refractivity contribution is -0.122. The van der Waals surface area contributed by atoms with Gasteiger partial charge >= 0.3 is 0 Å². The molecule has 4 heteroatoms. The summed E-state index contributed by atoms with van der Waals surface area (Å²) in [4.78, 5) is 13.7. The zero-order chi connectivity index (χ0) is 14.3. The number of likely N-dealkylation sites (N-methyl/N-ethyl adjacent to an activating group) is 1. The van der Waals surface area contributed by atoms with E-state index in [0.717, 1.165) is 24.9 Å². The number of phenolic OH excluding ortho intramolecular Hbond substituents is 1. The monoisotopic (exact) mass is 264 g/mol. The zero-order valence-electron chi connectivity index (χ0n) is 12.0. The molecular formula is C15H24N2O2. The van der Waals surface area contributed by atoms with Gasteiger partial charge in [-0.1, -0.05) is 32.0 Å². The van der Waals surface area contributed by atoms with Crippen LogP contribution in [0, 0.1) is 0 Å². The number of nitrogens with zero attached hydrogens (tertiary/aromatic N) is 1. The number of hydrogen-bond acceptors (Lipinski definition) is 3. The van der Waals surface area contributed by atoms with Crippen molar-refractivity contribution in [3.8, 4) is 5.75 Å². The van der Waals surface area contributed by atoms with E-state index in [-0.39, 0.29) is 11.9 Å². The van der Waals surface area contributed by atoms with Crippen LogP contribution in [0.4, 0.5) is 0 Å². The van der Waals surface area contributed by atoms with Crippen LogP contribution in [0.3, 0.4) is 0 Å². The zero-order valence-corrected chi connectivity index (χ0v) is 12.0. The highest BCUT2D eigenvalue weighted by Gasteiger charge is 2.22. The van der Waals surface area contributed by atoms with Crippen molar-refractivity contribution in [1.82, 2.24) is 10.2 Å². The van der Waals surface area contributed by atoms with Crippen LogP contribution in [0.25, 0.3) is 0 Å². The Balaban J connectivity index is 2.96. The Morgan fingerprint density at radius 3 is 2.58 bits per heavy atom. The van der Waals surface area contributed by atoms with Gasteiger partial charge in [-0.15, -0.1) is 0 Å². The van der Waals surface area contributed by atoms with Gasteiger partial charge in [0.15, 0.2) is 0 Å². The molecule has 4 nitrogen and oxygen atoms in total. The molecule has 0 aliphatic carbocycles. The lowest BCUT2D eigenvalue weighted by atomic mass is 10.0. The SMILES string of the molecule is CCCN(CC(=O)NC)C(CC)c1ccccc1O. The average Bonchev–Trinajstić information content (AvgIpc) is 2.41. The summed E-state index contributed by atoms with van der Waals surface area (Å²) in [6, 6.07) is 7.42. The number of para-hydroxylation sites is 1. The molecule has 1 aromatic rings. The number of benzene rings is 1. The second-order valence-corrected chi connectivity index (χ2v) is 4.63. The second kappa shape index (κ2) is 7.79. The van der Waals surface area contributed by atoms with Crippen molar-refractivity contribution in [3.63, 3.8) is 0 Å². The molecule has 0 saturated heterocycles. The molecule has 1 aromatic carbocycles. The van der Waals surface area contributed by atoms with Gasteiger partial charge in [-0.2, -0.15) is 0 Å². The normalized spacial score (nSPS) is 12.4. The Bertz CT molecular complexity index is 407. The van der Waals surface area contributed by atoms with E-state index in [1.807, 2.05) is 18.2 Å². The Labute approximate surface area is 115 Å². The molecular weight excluding hydrogens is 240 g/mol. The molecule has 106 valence electrons. The fourth-order valence-corrected chi connectivity index (χ4v) is 2.34. The summed E-state index contributed by atoms with van der Waals surface area (Å²) in [5.41, 5.74) is 0.891. The van der Waals surface area contributed by atoms with Crippen molar-refractivity contribution < 1.29 is 9.90 Å². The van der Waals surface area contributed by atoms with Crippen LogP contribution in [0.2, 0.25) is 0 Å². The van der Waals surface area contributed by atoms with Crippen molar-refractivity contribution in [2.24, 2.45) is 0 Å². The molecule has 0 radical (unpaired) electrons. The number of rotatable bonds is 7. The van der Waals surface area contributed by atoms with Crippen LogP contribution in [0.5, 0.6) is 5.75 Å². The lowest BCUT2D eigenvalue weighted by Crippen LogP contribution is -2.38. The molecule has 0 aliphatic rings. The molecule has 0 bridgehead atoms. The van der Waals surface area contributed by atoms with Gasteiger partial charge in [0.05, 0.1) is 6.54 Å². The molecule has 1 unspecified atom stereocenters. The van der Waals surface area contributed by atoms with Gasteiger partial charge in [0.1, 0.15) is 5.75 Å². The molecule has 0 saturated carbocycles. The maximum Gasteiger partial charge on any atom is 0.233 e. The largest absolute Gasteiger partial charge is 0.508 e. The molecule has 1 amide bonds. The van der Waals surface area contributed by atoms with Gasteiger partial charge in [0.25, 0.3) is 0 Å². The third-order valence-corrected chi connectivity index (χ3v) is 3.26. The predicted octanol–water partition coefficient (Wildman–Crippen LogP) is 2.30. The van der Waals surface area contributed by atoms with Crippen molar-refractivity contribution in [2.45, 2.75) is 32.7 Å². The molecule has 0 fully saturated rings. The van der Waals surface area contributed by atoms with Crippen molar-refractivity contribution in [1.29, 1.82) is 0 Å². The quantitative estimate of drug-likeness (QED) is 0.794. The van der Waals surface area contributed by atoms with Crippen LogP contribution >= 0.6 is 0 Å². The van der Waals surface area contributed by atoms with Gasteiger partial charge in [-0.3, -0.25) is 9.69 Å². The van der Waals surface area contributed by atoms with Gasteiger partial charge in [0, 0.05) is 18.7 Å². The summed E-state index contributed by atoms with van der Waals surface area (Å²) in [6.07, 6.45) is 1.83. The van der Waals surface area contributed by atoms with E-state index in [1.165, 1.54) is 0 Å². The highest BCUT2D eigenvalue weighted by atomic mass is 16.3. The molecule has 0 spiro atoms. The van der Waals surface area contributed by atoms with E-state index >= 15 is 0 Å². The summed E-state index contributed by atoms with van der Waals surface area (Å²) < 4.78 is 0. The summed E-state index contributed by atoms with van der Waals surface area (Å²) in [7, 11) is 1.65. The number of hydrogen-bond donors (Lipinski definition) is 2. The first kappa shape index (κ1) is 15.5. The minimum atomic E-state index is 0.00215. The first-order valence-electron chi connectivity index (χ1n) is 6.86. The van der Waals surface area contributed by atoms with E-state index in [4.69, 9.17) is 0 Å². The van der Waals surface area contributed by atoms with E-state index in [2.05, 4.69) is 24.1 Å². The highest BCUT2D eigenvalue weighted by molar-refractivity contribution is 5.77. The lowest BCUT2D eigenvalue weighted by Gasteiger charge is -2.30. The Morgan fingerprint density at radius 1 is 1.37 bits per heavy atom. The first-order valence-corrected chi connectivity index (χ1v) is 6.86. The smallest absolute Gasteiger partial charge is 0.233 e. The summed E-state index contributed by atoms with van der Waals surface area (Å²) >= 11 is 0. The van der Waals surface area contributed by atoms with E-state index in [1.54, 1.807) is 13.1 Å². The van der Waals surface area contributed by atoms with Crippen LogP contribution < -0.4 is 5.32 Å². The van der Waals surface area contributed by atoms with Gasteiger partial charge in [-0.05, 0) is 25.5 Å². The van der Waals surface area contributed by atoms with Crippen molar-refractivity contribution >= 4 is 5.91 Å². The third kappa shape index (κ3) is 4.24.